The number of H-pyrrole nitrogens is 1. The normalized spacial score (nSPS) is 11.8. The topological polar surface area (TPSA) is 114 Å². The Bertz CT molecular complexity index is 1520. The number of ether oxygens (including phenoxy) is 3. The molecule has 214 valence electrons. The van der Waals surface area contributed by atoms with Gasteiger partial charge in [-0.05, 0) is 83.5 Å². The fourth-order valence-corrected chi connectivity index (χ4v) is 5.14. The van der Waals surface area contributed by atoms with Crippen molar-refractivity contribution in [3.05, 3.63) is 91.6 Å². The Morgan fingerprint density at radius 2 is 1.85 bits per heavy atom. The van der Waals surface area contributed by atoms with E-state index in [1.54, 1.807) is 13.0 Å². The lowest BCUT2D eigenvalue weighted by Gasteiger charge is -2.16. The molecule has 11 heteroatoms. The van der Waals surface area contributed by atoms with Gasteiger partial charge in [0.25, 0.3) is 5.91 Å². The molecule has 0 unspecified atom stereocenters. The molecular weight excluding hydrogens is 703 g/mol. The molecule has 0 bridgehead atoms. The van der Waals surface area contributed by atoms with Crippen molar-refractivity contribution in [3.8, 4) is 11.5 Å². The predicted molar refractivity (Wildman–Crippen MR) is 170 cm³/mol. The average molecular weight is 733 g/mol. The molecule has 3 N–H and O–H groups in total. The molecule has 1 atom stereocenters. The molecule has 4 rings (SSSR count). The van der Waals surface area contributed by atoms with Crippen LogP contribution in [0.2, 0.25) is 0 Å². The van der Waals surface area contributed by atoms with E-state index in [4.69, 9.17) is 14.2 Å². The second-order valence-corrected chi connectivity index (χ2v) is 11.0. The lowest BCUT2D eigenvalue weighted by Crippen LogP contribution is -2.47. The molecule has 0 aliphatic carbocycles. The molecule has 3 aromatic carbocycles. The monoisotopic (exact) mass is 732 g/mol. The summed E-state index contributed by atoms with van der Waals surface area (Å²) in [6.45, 7) is 4.63. The van der Waals surface area contributed by atoms with Crippen molar-refractivity contribution in [2.24, 2.45) is 5.10 Å². The first-order chi connectivity index (χ1) is 19.9. The van der Waals surface area contributed by atoms with Gasteiger partial charge in [0.2, 0.25) is 0 Å². The van der Waals surface area contributed by atoms with Gasteiger partial charge < -0.3 is 24.5 Å². The quantitative estimate of drug-likeness (QED) is 0.0897. The Kier molecular flexibility index (Phi) is 11.0. The number of fused-ring (bicyclic) bond motifs is 1. The molecule has 4 aromatic rings. The summed E-state index contributed by atoms with van der Waals surface area (Å²) >= 11 is 5.63. The number of rotatable bonds is 12. The molecule has 0 fully saturated rings. The van der Waals surface area contributed by atoms with Gasteiger partial charge in [-0.2, -0.15) is 5.10 Å². The summed E-state index contributed by atoms with van der Waals surface area (Å²) in [5.41, 5.74) is 6.11. The Balaban J connectivity index is 1.46. The van der Waals surface area contributed by atoms with Crippen LogP contribution < -0.4 is 20.2 Å². The zero-order chi connectivity index (χ0) is 29.2. The maximum absolute atomic E-state index is 13.1. The fourth-order valence-electron chi connectivity index (χ4n) is 4.09. The van der Waals surface area contributed by atoms with Crippen LogP contribution >= 0.6 is 38.5 Å². The number of hydrazone groups is 1. The molecule has 1 heterocycles. The van der Waals surface area contributed by atoms with Crippen molar-refractivity contribution in [1.82, 2.24) is 15.7 Å². The Hall–Kier alpha value is -3.58. The van der Waals surface area contributed by atoms with Crippen LogP contribution in [0.1, 0.15) is 30.5 Å². The minimum absolute atomic E-state index is 0.190. The summed E-state index contributed by atoms with van der Waals surface area (Å²) in [6, 6.07) is 18.5. The zero-order valence-electron chi connectivity index (χ0n) is 22.6. The van der Waals surface area contributed by atoms with E-state index >= 15 is 0 Å². The highest BCUT2D eigenvalue weighted by atomic mass is 127. The number of carbonyl (C=O) groups is 2. The van der Waals surface area contributed by atoms with Gasteiger partial charge in [-0.15, -0.1) is 0 Å². The van der Waals surface area contributed by atoms with E-state index in [1.165, 1.54) is 6.21 Å². The summed E-state index contributed by atoms with van der Waals surface area (Å²) in [6.07, 6.45) is 2.93. The standard InChI is InChI=1S/C30H30BrIN4O5/c1-3-39-27-14-20(13-24(32)28(27)41-18-19-9-11-22(31)12-10-19)16-34-36-29(37)26(35-30(38)40-4-2)15-21-17-33-25-8-6-5-7-23(21)25/h5-14,16-17,26,33H,3-4,15,18H2,1-2H3,(H,35,38)(H,36,37)/b34-16-/t26-/m1/s1. The molecule has 9 nitrogen and oxygen atoms in total. The highest BCUT2D eigenvalue weighted by molar-refractivity contribution is 14.1. The molecule has 0 spiro atoms. The van der Waals surface area contributed by atoms with Gasteiger partial charge in [-0.1, -0.05) is 46.3 Å². The molecule has 2 amide bonds. The van der Waals surface area contributed by atoms with Gasteiger partial charge >= 0.3 is 6.09 Å². The molecule has 0 radical (unpaired) electrons. The third-order valence-electron chi connectivity index (χ3n) is 6.00. The van der Waals surface area contributed by atoms with Crippen molar-refractivity contribution < 1.29 is 23.8 Å². The maximum Gasteiger partial charge on any atom is 0.407 e. The van der Waals surface area contributed by atoms with Gasteiger partial charge in [-0.3, -0.25) is 4.79 Å². The summed E-state index contributed by atoms with van der Waals surface area (Å²) in [7, 11) is 0. The van der Waals surface area contributed by atoms with Gasteiger partial charge in [-0.25, -0.2) is 10.2 Å². The van der Waals surface area contributed by atoms with Gasteiger partial charge in [0.15, 0.2) is 11.5 Å². The number of hydrogen-bond donors (Lipinski definition) is 3. The largest absolute Gasteiger partial charge is 0.490 e. The van der Waals surface area contributed by atoms with E-state index < -0.39 is 18.0 Å². The number of aromatic nitrogens is 1. The molecule has 0 aliphatic heterocycles. The van der Waals surface area contributed by atoms with Crippen molar-refractivity contribution in [1.29, 1.82) is 0 Å². The van der Waals surface area contributed by atoms with Gasteiger partial charge in [0.1, 0.15) is 12.6 Å². The van der Waals surface area contributed by atoms with E-state index in [0.717, 1.165) is 30.1 Å². The van der Waals surface area contributed by atoms with Crippen LogP contribution in [0.25, 0.3) is 10.9 Å². The Labute approximate surface area is 260 Å². The predicted octanol–water partition coefficient (Wildman–Crippen LogP) is 6.32. The first kappa shape index (κ1) is 30.4. The molecule has 0 saturated heterocycles. The number of benzene rings is 3. The fraction of sp³-hybridized carbons (Fsp3) is 0.233. The van der Waals surface area contributed by atoms with E-state index in [2.05, 4.69) is 59.3 Å². The highest BCUT2D eigenvalue weighted by Crippen LogP contribution is 2.34. The summed E-state index contributed by atoms with van der Waals surface area (Å²) in [5, 5.41) is 7.77. The molecule has 0 aliphatic rings. The average Bonchev–Trinajstić information content (AvgIpc) is 3.36. The number of hydrogen-bond acceptors (Lipinski definition) is 6. The van der Waals surface area contributed by atoms with E-state index in [9.17, 15) is 9.59 Å². The number of nitrogens with one attached hydrogen (secondary N) is 3. The summed E-state index contributed by atoms with van der Waals surface area (Å²) < 4.78 is 18.8. The van der Waals surface area contributed by atoms with E-state index in [1.807, 2.05) is 67.7 Å². The second-order valence-electron chi connectivity index (χ2n) is 8.89. The van der Waals surface area contributed by atoms with Crippen LogP contribution in [-0.4, -0.2) is 42.5 Å². The van der Waals surface area contributed by atoms with Crippen molar-refractivity contribution in [3.63, 3.8) is 0 Å². The zero-order valence-corrected chi connectivity index (χ0v) is 26.3. The molecule has 0 saturated carbocycles. The number of amides is 2. The summed E-state index contributed by atoms with van der Waals surface area (Å²) in [5.74, 6) is 0.730. The van der Waals surface area contributed by atoms with Crippen LogP contribution in [0, 0.1) is 3.57 Å². The van der Waals surface area contributed by atoms with Gasteiger partial charge in [0.05, 0.1) is 23.0 Å². The first-order valence-corrected chi connectivity index (χ1v) is 14.9. The van der Waals surface area contributed by atoms with Crippen molar-refractivity contribution in [2.75, 3.05) is 13.2 Å². The van der Waals surface area contributed by atoms with E-state index in [-0.39, 0.29) is 13.0 Å². The lowest BCUT2D eigenvalue weighted by molar-refractivity contribution is -0.123. The first-order valence-electron chi connectivity index (χ1n) is 13.0. The lowest BCUT2D eigenvalue weighted by atomic mass is 10.0. The Morgan fingerprint density at radius 1 is 1.07 bits per heavy atom. The third kappa shape index (κ3) is 8.46. The van der Waals surface area contributed by atoms with Crippen molar-refractivity contribution >= 4 is 67.6 Å². The van der Waals surface area contributed by atoms with E-state index in [0.29, 0.717) is 30.3 Å². The number of alkyl carbamates (subject to hydrolysis) is 1. The van der Waals surface area contributed by atoms with Crippen LogP contribution in [-0.2, 0) is 22.6 Å². The number of carbonyl (C=O) groups excluding carboxylic acids is 2. The van der Waals surface area contributed by atoms with Crippen molar-refractivity contribution in [2.45, 2.75) is 32.9 Å². The van der Waals surface area contributed by atoms with Crippen LogP contribution in [0.5, 0.6) is 11.5 Å². The molecule has 41 heavy (non-hydrogen) atoms. The minimum atomic E-state index is -0.904. The SMILES string of the molecule is CCOC(=O)N[C@H](Cc1c[nH]c2ccccc12)C(=O)N/N=C\c1cc(I)c(OCc2ccc(Br)cc2)c(OCC)c1. The Morgan fingerprint density at radius 3 is 2.61 bits per heavy atom. The van der Waals surface area contributed by atoms with Crippen LogP contribution in [0.3, 0.4) is 0 Å². The second kappa shape index (κ2) is 14.9. The number of halogens is 2. The number of aromatic amines is 1. The van der Waals surface area contributed by atoms with Crippen LogP contribution in [0.15, 0.2) is 76.4 Å². The maximum atomic E-state index is 13.1. The molecule has 1 aromatic heterocycles. The van der Waals surface area contributed by atoms with Crippen LogP contribution in [0.4, 0.5) is 4.79 Å². The molecular formula is C30H30BrIN4O5. The summed E-state index contributed by atoms with van der Waals surface area (Å²) in [4.78, 5) is 28.5. The van der Waals surface area contributed by atoms with Gasteiger partial charge in [0, 0.05) is 28.0 Å². The third-order valence-corrected chi connectivity index (χ3v) is 7.33. The smallest absolute Gasteiger partial charge is 0.407 e. The number of nitrogens with zero attached hydrogens (tertiary/aromatic N) is 1. The highest BCUT2D eigenvalue weighted by Gasteiger charge is 2.23. The minimum Gasteiger partial charge on any atom is -0.490 e. The number of para-hydroxylation sites is 1.